The van der Waals surface area contributed by atoms with E-state index in [9.17, 15) is 0 Å². The summed E-state index contributed by atoms with van der Waals surface area (Å²) in [6, 6.07) is 1.34. The lowest BCUT2D eigenvalue weighted by Gasteiger charge is -2.33. The molecule has 2 atom stereocenters. The van der Waals surface area contributed by atoms with E-state index in [1.54, 1.807) is 0 Å². The van der Waals surface area contributed by atoms with Crippen molar-refractivity contribution in [3.8, 4) is 0 Å². The minimum absolute atomic E-state index is 0.478. The van der Waals surface area contributed by atoms with Crippen molar-refractivity contribution in [3.63, 3.8) is 0 Å². The molecule has 0 heterocycles. The Kier molecular flexibility index (Phi) is 4.87. The zero-order chi connectivity index (χ0) is 12.3. The second-order valence-electron chi connectivity index (χ2n) is 6.64. The van der Waals surface area contributed by atoms with Gasteiger partial charge in [-0.3, -0.25) is 4.90 Å². The van der Waals surface area contributed by atoms with Crippen LogP contribution in [0.5, 0.6) is 0 Å². The average Bonchev–Trinajstić information content (AvgIpc) is 2.89. The van der Waals surface area contributed by atoms with Crippen molar-refractivity contribution in [2.45, 2.75) is 70.9 Å². The van der Waals surface area contributed by atoms with Crippen LogP contribution in [0, 0.1) is 11.8 Å². The first kappa shape index (κ1) is 13.4. The average molecular weight is 238 g/mol. The molecule has 2 saturated carbocycles. The Morgan fingerprint density at radius 1 is 1.06 bits per heavy atom. The summed E-state index contributed by atoms with van der Waals surface area (Å²) in [6.45, 7) is 7.23. The van der Waals surface area contributed by atoms with Crippen LogP contribution in [0.25, 0.3) is 0 Å². The first-order valence-corrected chi connectivity index (χ1v) is 7.66. The highest BCUT2D eigenvalue weighted by Crippen LogP contribution is 2.29. The zero-order valence-electron chi connectivity index (χ0n) is 11.7. The van der Waals surface area contributed by atoms with Gasteiger partial charge in [-0.2, -0.15) is 0 Å². The molecule has 0 aliphatic heterocycles. The normalized spacial score (nSPS) is 30.9. The summed E-state index contributed by atoms with van der Waals surface area (Å²) in [5.41, 5.74) is 6.23. The van der Waals surface area contributed by atoms with E-state index in [-0.39, 0.29) is 0 Å². The number of hydrogen-bond donors (Lipinski definition) is 1. The Morgan fingerprint density at radius 2 is 1.76 bits per heavy atom. The smallest absolute Gasteiger partial charge is 0.00954 e. The molecular formula is C15H30N2. The van der Waals surface area contributed by atoms with E-state index >= 15 is 0 Å². The Balaban J connectivity index is 1.89. The molecule has 0 aromatic heterocycles. The van der Waals surface area contributed by atoms with Crippen LogP contribution < -0.4 is 5.73 Å². The van der Waals surface area contributed by atoms with Gasteiger partial charge in [0.1, 0.15) is 0 Å². The molecule has 2 unspecified atom stereocenters. The summed E-state index contributed by atoms with van der Waals surface area (Å²) >= 11 is 0. The van der Waals surface area contributed by atoms with Crippen molar-refractivity contribution < 1.29 is 0 Å². The fourth-order valence-corrected chi connectivity index (χ4v) is 3.70. The molecule has 0 saturated heterocycles. The molecule has 100 valence electrons. The van der Waals surface area contributed by atoms with Gasteiger partial charge in [0.15, 0.2) is 0 Å². The molecule has 0 aromatic rings. The van der Waals surface area contributed by atoms with Crippen LogP contribution in [-0.2, 0) is 0 Å². The SMILES string of the molecule is CC(C)CN(CC1CCCC1N)C1CCCC1. The third kappa shape index (κ3) is 3.69. The van der Waals surface area contributed by atoms with Crippen molar-refractivity contribution in [1.29, 1.82) is 0 Å². The topological polar surface area (TPSA) is 29.3 Å². The van der Waals surface area contributed by atoms with E-state index < -0.39 is 0 Å². The van der Waals surface area contributed by atoms with Crippen LogP contribution in [0.3, 0.4) is 0 Å². The largest absolute Gasteiger partial charge is 0.327 e. The van der Waals surface area contributed by atoms with Gasteiger partial charge in [-0.15, -0.1) is 0 Å². The van der Waals surface area contributed by atoms with E-state index in [4.69, 9.17) is 5.73 Å². The van der Waals surface area contributed by atoms with Crippen LogP contribution in [0.15, 0.2) is 0 Å². The number of nitrogens with zero attached hydrogens (tertiary/aromatic N) is 1. The molecular weight excluding hydrogens is 208 g/mol. The molecule has 2 fully saturated rings. The molecule has 0 aromatic carbocycles. The monoisotopic (exact) mass is 238 g/mol. The highest BCUT2D eigenvalue weighted by atomic mass is 15.2. The minimum atomic E-state index is 0.478. The summed E-state index contributed by atoms with van der Waals surface area (Å²) in [6.07, 6.45) is 9.70. The van der Waals surface area contributed by atoms with E-state index in [2.05, 4.69) is 18.7 Å². The van der Waals surface area contributed by atoms with E-state index in [1.807, 2.05) is 0 Å². The number of nitrogens with two attached hydrogens (primary N) is 1. The summed E-state index contributed by atoms with van der Waals surface area (Å²) in [4.78, 5) is 2.77. The molecule has 0 spiro atoms. The van der Waals surface area contributed by atoms with E-state index in [0.29, 0.717) is 6.04 Å². The first-order valence-electron chi connectivity index (χ1n) is 7.66. The number of rotatable bonds is 5. The van der Waals surface area contributed by atoms with Gasteiger partial charge in [0.2, 0.25) is 0 Å². The quantitative estimate of drug-likeness (QED) is 0.798. The lowest BCUT2D eigenvalue weighted by molar-refractivity contribution is 0.146. The molecule has 2 heteroatoms. The molecule has 2 rings (SSSR count). The van der Waals surface area contributed by atoms with Crippen LogP contribution >= 0.6 is 0 Å². The van der Waals surface area contributed by atoms with Crippen LogP contribution in [0.4, 0.5) is 0 Å². The Bertz CT molecular complexity index is 221. The zero-order valence-corrected chi connectivity index (χ0v) is 11.7. The summed E-state index contributed by atoms with van der Waals surface area (Å²) in [7, 11) is 0. The van der Waals surface area contributed by atoms with Crippen LogP contribution in [0.1, 0.15) is 58.8 Å². The van der Waals surface area contributed by atoms with E-state index in [1.165, 1.54) is 58.0 Å². The maximum atomic E-state index is 6.23. The lowest BCUT2D eigenvalue weighted by Crippen LogP contribution is -2.42. The van der Waals surface area contributed by atoms with Gasteiger partial charge in [0.05, 0.1) is 0 Å². The van der Waals surface area contributed by atoms with Crippen molar-refractivity contribution >= 4 is 0 Å². The molecule has 2 N–H and O–H groups in total. The maximum absolute atomic E-state index is 6.23. The molecule has 2 nitrogen and oxygen atoms in total. The summed E-state index contributed by atoms with van der Waals surface area (Å²) in [5.74, 6) is 1.56. The summed E-state index contributed by atoms with van der Waals surface area (Å²) in [5, 5.41) is 0. The second kappa shape index (κ2) is 6.19. The second-order valence-corrected chi connectivity index (χ2v) is 6.64. The fourth-order valence-electron chi connectivity index (χ4n) is 3.70. The molecule has 17 heavy (non-hydrogen) atoms. The summed E-state index contributed by atoms with van der Waals surface area (Å²) < 4.78 is 0. The van der Waals surface area contributed by atoms with Crippen molar-refractivity contribution in [3.05, 3.63) is 0 Å². The van der Waals surface area contributed by atoms with Crippen LogP contribution in [0.2, 0.25) is 0 Å². The third-order valence-corrected chi connectivity index (χ3v) is 4.63. The van der Waals surface area contributed by atoms with Gasteiger partial charge in [0, 0.05) is 25.2 Å². The van der Waals surface area contributed by atoms with Gasteiger partial charge in [-0.1, -0.05) is 33.1 Å². The fraction of sp³-hybridized carbons (Fsp3) is 1.00. The molecule has 2 aliphatic rings. The maximum Gasteiger partial charge on any atom is 0.00954 e. The van der Waals surface area contributed by atoms with Crippen molar-refractivity contribution in [2.75, 3.05) is 13.1 Å². The number of hydrogen-bond acceptors (Lipinski definition) is 2. The van der Waals surface area contributed by atoms with Gasteiger partial charge in [-0.25, -0.2) is 0 Å². The molecule has 2 aliphatic carbocycles. The lowest BCUT2D eigenvalue weighted by atomic mass is 10.0. The minimum Gasteiger partial charge on any atom is -0.327 e. The predicted octanol–water partition coefficient (Wildman–Crippen LogP) is 3.01. The van der Waals surface area contributed by atoms with Gasteiger partial charge >= 0.3 is 0 Å². The highest BCUT2D eigenvalue weighted by Gasteiger charge is 2.30. The predicted molar refractivity (Wildman–Crippen MR) is 74.0 cm³/mol. The first-order chi connectivity index (χ1) is 8.16. The Labute approximate surface area is 107 Å². The Hall–Kier alpha value is -0.0800. The van der Waals surface area contributed by atoms with Crippen molar-refractivity contribution in [1.82, 2.24) is 4.90 Å². The molecule has 0 amide bonds. The van der Waals surface area contributed by atoms with E-state index in [0.717, 1.165) is 17.9 Å². The molecule has 0 bridgehead atoms. The van der Waals surface area contributed by atoms with Gasteiger partial charge in [-0.05, 0) is 37.5 Å². The third-order valence-electron chi connectivity index (χ3n) is 4.63. The Morgan fingerprint density at radius 3 is 2.29 bits per heavy atom. The standard InChI is InChI=1S/C15H30N2/c1-12(2)10-17(14-7-3-4-8-14)11-13-6-5-9-15(13)16/h12-15H,3-11,16H2,1-2H3. The molecule has 0 radical (unpaired) electrons. The van der Waals surface area contributed by atoms with Crippen LogP contribution in [-0.4, -0.2) is 30.1 Å². The highest BCUT2D eigenvalue weighted by molar-refractivity contribution is 4.86. The van der Waals surface area contributed by atoms with Gasteiger partial charge in [0.25, 0.3) is 0 Å². The van der Waals surface area contributed by atoms with Gasteiger partial charge < -0.3 is 5.73 Å². The van der Waals surface area contributed by atoms with Crippen molar-refractivity contribution in [2.24, 2.45) is 17.6 Å².